The van der Waals surface area contributed by atoms with E-state index in [1.165, 1.54) is 212 Å². The number of ether oxygens (including phenoxy) is 3. The van der Waals surface area contributed by atoms with E-state index in [4.69, 9.17) is 14.2 Å². The average Bonchev–Trinajstić information content (AvgIpc) is 3.49. The molecular weight excluding hydrogens is 1020 g/mol. The molecule has 0 saturated heterocycles. The van der Waals surface area contributed by atoms with Crippen LogP contribution in [0.1, 0.15) is 367 Å². The van der Waals surface area contributed by atoms with E-state index >= 15 is 0 Å². The molecule has 83 heavy (non-hydrogen) atoms. The van der Waals surface area contributed by atoms with Gasteiger partial charge >= 0.3 is 17.9 Å². The molecule has 0 amide bonds. The van der Waals surface area contributed by atoms with Gasteiger partial charge in [-0.2, -0.15) is 0 Å². The Balaban J connectivity index is 4.22. The van der Waals surface area contributed by atoms with Crippen LogP contribution in [0.2, 0.25) is 0 Å². The third-order valence-electron chi connectivity index (χ3n) is 15.9. The first-order chi connectivity index (χ1) is 41.0. The summed E-state index contributed by atoms with van der Waals surface area (Å²) in [4.78, 5) is 38.4. The summed E-state index contributed by atoms with van der Waals surface area (Å²) < 4.78 is 17.0. The molecule has 480 valence electrons. The first-order valence-corrected chi connectivity index (χ1v) is 36.1. The van der Waals surface area contributed by atoms with Crippen molar-refractivity contribution < 1.29 is 28.6 Å². The van der Waals surface area contributed by atoms with E-state index in [1.807, 2.05) is 0 Å². The van der Waals surface area contributed by atoms with Gasteiger partial charge in [-0.25, -0.2) is 0 Å². The van der Waals surface area contributed by atoms with Gasteiger partial charge in [0.25, 0.3) is 0 Å². The number of esters is 3. The zero-order valence-corrected chi connectivity index (χ0v) is 55.2. The van der Waals surface area contributed by atoms with Crippen molar-refractivity contribution in [1.82, 2.24) is 0 Å². The third-order valence-corrected chi connectivity index (χ3v) is 15.9. The summed E-state index contributed by atoms with van der Waals surface area (Å²) in [5, 5.41) is 0. The van der Waals surface area contributed by atoms with Crippen LogP contribution in [0.4, 0.5) is 0 Å². The van der Waals surface area contributed by atoms with Gasteiger partial charge in [0.15, 0.2) is 6.10 Å². The lowest BCUT2D eigenvalue weighted by atomic mass is 10.0. The van der Waals surface area contributed by atoms with E-state index in [-0.39, 0.29) is 31.1 Å². The molecule has 0 aromatic heterocycles. The predicted molar refractivity (Wildman–Crippen MR) is 362 cm³/mol. The van der Waals surface area contributed by atoms with E-state index in [0.29, 0.717) is 19.3 Å². The van der Waals surface area contributed by atoms with E-state index in [1.54, 1.807) is 0 Å². The molecule has 6 heteroatoms. The summed E-state index contributed by atoms with van der Waals surface area (Å²) in [6.07, 6.45) is 94.8. The fourth-order valence-electron chi connectivity index (χ4n) is 10.5. The van der Waals surface area contributed by atoms with Gasteiger partial charge in [-0.05, 0) is 96.3 Å². The van der Waals surface area contributed by atoms with Crippen molar-refractivity contribution in [2.75, 3.05) is 13.2 Å². The highest BCUT2D eigenvalue weighted by atomic mass is 16.6. The van der Waals surface area contributed by atoms with Gasteiger partial charge in [0.1, 0.15) is 13.2 Å². The van der Waals surface area contributed by atoms with Gasteiger partial charge in [0.05, 0.1) is 0 Å². The summed E-state index contributed by atoms with van der Waals surface area (Å²) in [5.74, 6) is -0.879. The maximum Gasteiger partial charge on any atom is 0.306 e. The Kier molecular flexibility index (Phi) is 68.2. The smallest absolute Gasteiger partial charge is 0.306 e. The molecule has 1 unspecified atom stereocenters. The van der Waals surface area contributed by atoms with Crippen LogP contribution in [0, 0.1) is 0 Å². The van der Waals surface area contributed by atoms with Crippen molar-refractivity contribution in [3.63, 3.8) is 0 Å². The Bertz CT molecular complexity index is 1570. The number of carbonyl (C=O) groups excluding carboxylic acids is 3. The zero-order chi connectivity index (χ0) is 59.9. The molecule has 0 aliphatic heterocycles. The monoisotopic (exact) mass is 1160 g/mol. The van der Waals surface area contributed by atoms with E-state index in [0.717, 1.165) is 116 Å². The normalized spacial score (nSPS) is 12.6. The second-order valence-electron chi connectivity index (χ2n) is 24.1. The highest BCUT2D eigenvalue weighted by Gasteiger charge is 2.19. The van der Waals surface area contributed by atoms with Gasteiger partial charge in [0, 0.05) is 19.3 Å². The third kappa shape index (κ3) is 69.3. The Morgan fingerprint density at radius 1 is 0.253 bits per heavy atom. The Hall–Kier alpha value is -3.41. The van der Waals surface area contributed by atoms with Gasteiger partial charge in [0.2, 0.25) is 0 Å². The molecule has 0 bridgehead atoms. The molecule has 0 aromatic rings. The molecule has 0 N–H and O–H groups in total. The molecule has 0 fully saturated rings. The van der Waals surface area contributed by atoms with E-state index in [2.05, 4.69) is 106 Å². The van der Waals surface area contributed by atoms with Gasteiger partial charge < -0.3 is 14.2 Å². The van der Waals surface area contributed by atoms with Gasteiger partial charge in [-0.3, -0.25) is 14.4 Å². The number of unbranched alkanes of at least 4 members (excludes halogenated alkanes) is 41. The Labute approximate surface area is 515 Å². The molecule has 0 aliphatic carbocycles. The largest absolute Gasteiger partial charge is 0.462 e. The summed E-state index contributed by atoms with van der Waals surface area (Å²) in [6.45, 7) is 6.55. The van der Waals surface area contributed by atoms with Crippen LogP contribution in [-0.4, -0.2) is 37.2 Å². The van der Waals surface area contributed by atoms with Crippen molar-refractivity contribution in [2.45, 2.75) is 374 Å². The molecule has 0 saturated carbocycles. The molecule has 0 heterocycles. The van der Waals surface area contributed by atoms with Crippen LogP contribution in [0.25, 0.3) is 0 Å². The first kappa shape index (κ1) is 79.6. The Morgan fingerprint density at radius 2 is 0.470 bits per heavy atom. The fraction of sp³-hybridized carbons (Fsp3) is 0.779. The highest BCUT2D eigenvalue weighted by molar-refractivity contribution is 5.71. The average molecular weight is 1160 g/mol. The second-order valence-corrected chi connectivity index (χ2v) is 24.1. The minimum Gasteiger partial charge on any atom is -0.462 e. The maximum absolute atomic E-state index is 12.9. The van der Waals surface area contributed by atoms with E-state index < -0.39 is 6.10 Å². The van der Waals surface area contributed by atoms with Crippen LogP contribution in [-0.2, 0) is 28.6 Å². The standard InChI is InChI=1S/C77H136O6/c1-4-7-10-13-16-19-22-25-27-29-31-33-34-35-36-37-38-39-40-41-42-44-45-47-49-52-55-58-61-64-67-70-76(79)82-73-74(72-81-75(78)69-66-63-60-57-54-51-24-21-18-15-12-9-6-3)83-77(80)71-68-65-62-59-56-53-50-48-46-43-32-30-28-26-23-20-17-14-11-8-5-2/h8,11,17,20,22,25-26,28-29,31-32,43,48,50,74H,4-7,9-10,12-16,18-19,21,23-24,27,30,33-42,44-47,49,51-73H2,1-3H3/b11-8-,20-17-,25-22-,28-26-,31-29-,43-32-,50-48-. The number of carbonyl (C=O) groups is 3. The fourth-order valence-corrected chi connectivity index (χ4v) is 10.5. The van der Waals surface area contributed by atoms with Crippen molar-refractivity contribution >= 4 is 17.9 Å². The van der Waals surface area contributed by atoms with Crippen LogP contribution < -0.4 is 0 Å². The van der Waals surface area contributed by atoms with Crippen molar-refractivity contribution in [3.05, 3.63) is 85.1 Å². The predicted octanol–water partition coefficient (Wildman–Crippen LogP) is 25.0. The summed E-state index contributed by atoms with van der Waals surface area (Å²) in [7, 11) is 0. The number of rotatable bonds is 66. The summed E-state index contributed by atoms with van der Waals surface area (Å²) >= 11 is 0. The van der Waals surface area contributed by atoms with Crippen LogP contribution >= 0.6 is 0 Å². The molecule has 0 aromatic carbocycles. The minimum absolute atomic E-state index is 0.0800. The van der Waals surface area contributed by atoms with Crippen molar-refractivity contribution in [2.24, 2.45) is 0 Å². The van der Waals surface area contributed by atoms with E-state index in [9.17, 15) is 14.4 Å². The zero-order valence-electron chi connectivity index (χ0n) is 55.2. The molecule has 0 radical (unpaired) electrons. The molecule has 0 rings (SSSR count). The number of hydrogen-bond donors (Lipinski definition) is 0. The lowest BCUT2D eigenvalue weighted by Crippen LogP contribution is -2.30. The lowest BCUT2D eigenvalue weighted by Gasteiger charge is -2.18. The van der Waals surface area contributed by atoms with Crippen molar-refractivity contribution in [1.29, 1.82) is 0 Å². The van der Waals surface area contributed by atoms with Crippen LogP contribution in [0.15, 0.2) is 85.1 Å². The first-order valence-electron chi connectivity index (χ1n) is 36.1. The lowest BCUT2D eigenvalue weighted by molar-refractivity contribution is -0.167. The molecule has 0 aliphatic rings. The maximum atomic E-state index is 12.9. The number of hydrogen-bond acceptors (Lipinski definition) is 6. The van der Waals surface area contributed by atoms with Crippen LogP contribution in [0.3, 0.4) is 0 Å². The molecule has 0 spiro atoms. The number of allylic oxidation sites excluding steroid dienone is 14. The SMILES string of the molecule is CC/C=C\C/C=C\C/C=C\C/C=C\C/C=C\CCCCCCCC(=O)OC(COC(=O)CCCCCCCCCCCCCCC)COC(=O)CCCCCCCCCCCCCCCCCCCCC/C=C\C/C=C\CCCCCCC. The molecule has 1 atom stereocenters. The van der Waals surface area contributed by atoms with Gasteiger partial charge in [-0.1, -0.05) is 337 Å². The molecular formula is C77H136O6. The van der Waals surface area contributed by atoms with Crippen LogP contribution in [0.5, 0.6) is 0 Å². The minimum atomic E-state index is -0.786. The quantitative estimate of drug-likeness (QED) is 0.0261. The van der Waals surface area contributed by atoms with Gasteiger partial charge in [-0.15, -0.1) is 0 Å². The summed E-state index contributed by atoms with van der Waals surface area (Å²) in [6, 6.07) is 0. The molecule has 6 nitrogen and oxygen atoms in total. The topological polar surface area (TPSA) is 78.9 Å². The second kappa shape index (κ2) is 71.1. The summed E-state index contributed by atoms with van der Waals surface area (Å²) in [5.41, 5.74) is 0. The van der Waals surface area contributed by atoms with Crippen molar-refractivity contribution in [3.8, 4) is 0 Å². The highest BCUT2D eigenvalue weighted by Crippen LogP contribution is 2.18. The Morgan fingerprint density at radius 3 is 0.735 bits per heavy atom.